The Labute approximate surface area is 322 Å². The summed E-state index contributed by atoms with van der Waals surface area (Å²) >= 11 is 0. The molecule has 0 saturated heterocycles. The van der Waals surface area contributed by atoms with Gasteiger partial charge in [-0.25, -0.2) is 4.79 Å². The Morgan fingerprint density at radius 2 is 1.15 bits per heavy atom. The van der Waals surface area contributed by atoms with Gasteiger partial charge in [0, 0.05) is 19.4 Å². The van der Waals surface area contributed by atoms with Crippen LogP contribution in [-0.4, -0.2) is 75.5 Å². The van der Waals surface area contributed by atoms with Crippen LogP contribution in [0.15, 0.2) is 0 Å². The molecule has 0 aliphatic heterocycles. The number of carbonyl (C=O) groups excluding carboxylic acids is 2. The van der Waals surface area contributed by atoms with Crippen LogP contribution in [-0.2, 0) is 28.5 Å². The van der Waals surface area contributed by atoms with Gasteiger partial charge in [0.05, 0.1) is 26.4 Å². The molecule has 0 heterocycles. The van der Waals surface area contributed by atoms with Crippen molar-refractivity contribution in [3.63, 3.8) is 0 Å². The molecule has 0 aromatic rings. The molecule has 0 spiro atoms. The third-order valence-electron chi connectivity index (χ3n) is 10.3. The summed E-state index contributed by atoms with van der Waals surface area (Å²) in [5.41, 5.74) is 0. The maximum Gasteiger partial charge on any atom is 0.508 e. The lowest BCUT2D eigenvalue weighted by atomic mass is 10.0. The molecule has 0 fully saturated rings. The molecule has 0 aliphatic rings. The predicted octanol–water partition coefficient (Wildman–Crippen LogP) is 12.4. The molecule has 0 rings (SSSR count). The Kier molecular flexibility index (Phi) is 36.9. The molecule has 310 valence electrons. The minimum atomic E-state index is -0.614. The lowest BCUT2D eigenvalue weighted by Gasteiger charge is -2.23. The molecule has 8 heteroatoms. The minimum absolute atomic E-state index is 0.200. The summed E-state index contributed by atoms with van der Waals surface area (Å²) in [5.74, 6) is 0.880. The normalized spacial score (nSPS) is 13.9. The molecule has 0 aromatic heterocycles. The summed E-state index contributed by atoms with van der Waals surface area (Å²) in [6, 6.07) is 0. The first-order valence-corrected chi connectivity index (χ1v) is 22.3. The third kappa shape index (κ3) is 32.1. The van der Waals surface area contributed by atoms with Crippen LogP contribution in [0.4, 0.5) is 4.79 Å². The van der Waals surface area contributed by atoms with E-state index < -0.39 is 6.16 Å². The Bertz CT molecular complexity index is 778. The molecule has 0 N–H and O–H groups in total. The summed E-state index contributed by atoms with van der Waals surface area (Å²) in [4.78, 5) is 27.5. The number of nitrogens with zero attached hydrogens (tertiary/aromatic N) is 1. The number of carbonyl (C=O) groups is 2. The van der Waals surface area contributed by atoms with Crippen LogP contribution >= 0.6 is 0 Å². The van der Waals surface area contributed by atoms with E-state index >= 15 is 0 Å². The summed E-state index contributed by atoms with van der Waals surface area (Å²) in [6.07, 6.45) is 24.5. The van der Waals surface area contributed by atoms with E-state index in [-0.39, 0.29) is 25.0 Å². The van der Waals surface area contributed by atoms with Crippen molar-refractivity contribution in [1.29, 1.82) is 0 Å². The standard InChI is InChI=1S/C44H87NO7/c1-8-14-17-18-19-20-21-22-23-24-30-41(52-44(47)49-35-27-34-45(12-5)13-6)33-36-48-42(46)31-25-26-32-43(50-37-39(7)28-15-9-2)51-38-40(11-4)29-16-10-3/h39-41,43H,8-38H2,1-7H3. The lowest BCUT2D eigenvalue weighted by molar-refractivity contribution is -0.161. The van der Waals surface area contributed by atoms with Crippen LogP contribution in [0.5, 0.6) is 0 Å². The van der Waals surface area contributed by atoms with Crippen molar-refractivity contribution in [2.75, 3.05) is 46.1 Å². The summed E-state index contributed by atoms with van der Waals surface area (Å²) < 4.78 is 29.3. The molecule has 8 nitrogen and oxygen atoms in total. The van der Waals surface area contributed by atoms with Crippen molar-refractivity contribution >= 4 is 12.1 Å². The molecule has 0 aliphatic carbocycles. The number of ether oxygens (including phenoxy) is 5. The number of unbranched alkanes of at least 4 members (excludes halogenated alkanes) is 12. The zero-order valence-electron chi connectivity index (χ0n) is 35.5. The van der Waals surface area contributed by atoms with Gasteiger partial charge in [0.25, 0.3) is 0 Å². The summed E-state index contributed by atoms with van der Waals surface area (Å²) in [6.45, 7) is 20.4. The molecule has 4 unspecified atom stereocenters. The zero-order chi connectivity index (χ0) is 38.5. The third-order valence-corrected chi connectivity index (χ3v) is 10.3. The largest absolute Gasteiger partial charge is 0.508 e. The van der Waals surface area contributed by atoms with Crippen molar-refractivity contribution in [2.24, 2.45) is 11.8 Å². The van der Waals surface area contributed by atoms with Crippen LogP contribution in [0, 0.1) is 11.8 Å². The summed E-state index contributed by atoms with van der Waals surface area (Å²) in [7, 11) is 0. The molecule has 0 radical (unpaired) electrons. The Hall–Kier alpha value is -1.38. The van der Waals surface area contributed by atoms with E-state index in [1.807, 2.05) is 0 Å². The fourth-order valence-electron chi connectivity index (χ4n) is 6.50. The van der Waals surface area contributed by atoms with Crippen LogP contribution in [0.1, 0.15) is 203 Å². The van der Waals surface area contributed by atoms with Gasteiger partial charge in [-0.1, -0.05) is 138 Å². The second-order valence-electron chi connectivity index (χ2n) is 15.2. The number of hydrogen-bond donors (Lipinski definition) is 0. The van der Waals surface area contributed by atoms with E-state index in [0.717, 1.165) is 77.6 Å². The average Bonchev–Trinajstić information content (AvgIpc) is 3.14. The van der Waals surface area contributed by atoms with Gasteiger partial charge in [0.15, 0.2) is 6.29 Å². The lowest BCUT2D eigenvalue weighted by Crippen LogP contribution is -2.26. The molecule has 4 atom stereocenters. The fraction of sp³-hybridized carbons (Fsp3) is 0.955. The van der Waals surface area contributed by atoms with E-state index in [0.29, 0.717) is 37.9 Å². The van der Waals surface area contributed by atoms with Crippen LogP contribution in [0.25, 0.3) is 0 Å². The average molecular weight is 742 g/mol. The topological polar surface area (TPSA) is 83.5 Å². The van der Waals surface area contributed by atoms with Crippen molar-refractivity contribution in [1.82, 2.24) is 4.90 Å². The highest BCUT2D eigenvalue weighted by atomic mass is 16.7. The van der Waals surface area contributed by atoms with E-state index in [4.69, 9.17) is 23.7 Å². The quantitative estimate of drug-likeness (QED) is 0.0350. The van der Waals surface area contributed by atoms with Gasteiger partial charge >= 0.3 is 12.1 Å². The van der Waals surface area contributed by atoms with Gasteiger partial charge in [0.2, 0.25) is 0 Å². The highest BCUT2D eigenvalue weighted by Gasteiger charge is 2.18. The number of esters is 1. The van der Waals surface area contributed by atoms with Gasteiger partial charge in [-0.05, 0) is 76.3 Å². The molecule has 52 heavy (non-hydrogen) atoms. The maximum absolute atomic E-state index is 12.7. The van der Waals surface area contributed by atoms with Gasteiger partial charge in [-0.2, -0.15) is 0 Å². The van der Waals surface area contributed by atoms with Crippen molar-refractivity contribution in [3.05, 3.63) is 0 Å². The first-order valence-electron chi connectivity index (χ1n) is 22.3. The monoisotopic (exact) mass is 742 g/mol. The predicted molar refractivity (Wildman–Crippen MR) is 217 cm³/mol. The van der Waals surface area contributed by atoms with Gasteiger partial charge in [-0.3, -0.25) is 4.79 Å². The highest BCUT2D eigenvalue weighted by molar-refractivity contribution is 5.69. The SMILES string of the molecule is CCCCCCCCCCCCC(CCOC(=O)CCCCC(OCC(C)CCCC)OCC(CC)CCCC)OC(=O)OCCCN(CC)CC. The van der Waals surface area contributed by atoms with E-state index in [1.165, 1.54) is 89.9 Å². The highest BCUT2D eigenvalue weighted by Crippen LogP contribution is 2.19. The first-order chi connectivity index (χ1) is 25.3. The van der Waals surface area contributed by atoms with Crippen LogP contribution in [0.3, 0.4) is 0 Å². The van der Waals surface area contributed by atoms with Gasteiger partial charge in [0.1, 0.15) is 6.10 Å². The van der Waals surface area contributed by atoms with Crippen molar-refractivity contribution in [3.8, 4) is 0 Å². The Balaban J connectivity index is 4.72. The Morgan fingerprint density at radius 1 is 0.558 bits per heavy atom. The number of hydrogen-bond acceptors (Lipinski definition) is 8. The summed E-state index contributed by atoms with van der Waals surface area (Å²) in [5, 5.41) is 0. The van der Waals surface area contributed by atoms with Gasteiger partial charge < -0.3 is 28.6 Å². The molecule has 0 amide bonds. The second-order valence-corrected chi connectivity index (χ2v) is 15.2. The fourth-order valence-corrected chi connectivity index (χ4v) is 6.50. The number of rotatable bonds is 39. The first kappa shape index (κ1) is 50.6. The Morgan fingerprint density at radius 3 is 1.79 bits per heavy atom. The van der Waals surface area contributed by atoms with Gasteiger partial charge in [-0.15, -0.1) is 0 Å². The van der Waals surface area contributed by atoms with E-state index in [2.05, 4.69) is 53.4 Å². The molecule has 0 bridgehead atoms. The van der Waals surface area contributed by atoms with Crippen LogP contribution < -0.4 is 0 Å². The zero-order valence-corrected chi connectivity index (χ0v) is 35.5. The van der Waals surface area contributed by atoms with Crippen LogP contribution in [0.2, 0.25) is 0 Å². The molecule has 0 aromatic carbocycles. The van der Waals surface area contributed by atoms with E-state index in [1.54, 1.807) is 0 Å². The second kappa shape index (κ2) is 37.9. The van der Waals surface area contributed by atoms with Crippen molar-refractivity contribution in [2.45, 2.75) is 215 Å². The molecular formula is C44H87NO7. The maximum atomic E-state index is 12.7. The molecule has 0 saturated carbocycles. The smallest absolute Gasteiger partial charge is 0.466 e. The van der Waals surface area contributed by atoms with Crippen molar-refractivity contribution < 1.29 is 33.3 Å². The minimum Gasteiger partial charge on any atom is -0.466 e. The van der Waals surface area contributed by atoms with E-state index in [9.17, 15) is 9.59 Å². The molecular weight excluding hydrogens is 654 g/mol.